The second-order valence-corrected chi connectivity index (χ2v) is 5.94. The summed E-state index contributed by atoms with van der Waals surface area (Å²) in [6, 6.07) is 13.0. The Balaban J connectivity index is 1.79. The number of hydrogen-bond donors (Lipinski definition) is 1. The lowest BCUT2D eigenvalue weighted by Crippen LogP contribution is -2.11. The predicted molar refractivity (Wildman–Crippen MR) is 82.6 cm³/mol. The lowest BCUT2D eigenvalue weighted by molar-refractivity contribution is 0.303. The minimum Gasteiger partial charge on any atom is -0.490 e. The van der Waals surface area contributed by atoms with Crippen molar-refractivity contribution in [1.29, 1.82) is 0 Å². The van der Waals surface area contributed by atoms with Gasteiger partial charge in [-0.3, -0.25) is 0 Å². The van der Waals surface area contributed by atoms with Gasteiger partial charge in [0.15, 0.2) is 0 Å². The number of ether oxygens (including phenoxy) is 1. The Morgan fingerprint density at radius 3 is 2.10 bits per heavy atom. The Kier molecular flexibility index (Phi) is 3.88. The fourth-order valence-electron chi connectivity index (χ4n) is 2.08. The van der Waals surface area contributed by atoms with Crippen molar-refractivity contribution in [2.75, 3.05) is 0 Å². The van der Waals surface area contributed by atoms with Crippen molar-refractivity contribution in [3.05, 3.63) is 63.6 Å². The maximum atomic E-state index is 6.26. The highest BCUT2D eigenvalue weighted by molar-refractivity contribution is 6.34. The summed E-state index contributed by atoms with van der Waals surface area (Å²) >= 11 is 12.0. The van der Waals surface area contributed by atoms with E-state index in [2.05, 4.69) is 0 Å². The molecule has 1 unspecified atom stereocenters. The second-order valence-electron chi connectivity index (χ2n) is 5.07. The monoisotopic (exact) mass is 307 g/mol. The fourth-order valence-corrected chi connectivity index (χ4v) is 2.62. The van der Waals surface area contributed by atoms with Gasteiger partial charge in [0.1, 0.15) is 5.75 Å². The van der Waals surface area contributed by atoms with Gasteiger partial charge in [0.2, 0.25) is 0 Å². The lowest BCUT2D eigenvalue weighted by Gasteiger charge is -2.14. The molecule has 2 aromatic rings. The molecule has 1 fully saturated rings. The van der Waals surface area contributed by atoms with Crippen LogP contribution in [0.3, 0.4) is 0 Å². The Morgan fingerprint density at radius 2 is 1.55 bits per heavy atom. The normalized spacial score (nSPS) is 15.9. The summed E-state index contributed by atoms with van der Waals surface area (Å²) in [5.74, 6) is 0.896. The Labute approximate surface area is 128 Å². The molecular formula is C16H15Cl2NO. The smallest absolute Gasteiger partial charge is 0.119 e. The molecule has 1 aliphatic rings. The maximum absolute atomic E-state index is 6.26. The number of nitrogens with two attached hydrogens (primary N) is 1. The molecule has 0 aromatic heterocycles. The van der Waals surface area contributed by atoms with E-state index in [1.165, 1.54) is 0 Å². The number of benzene rings is 2. The standard InChI is InChI=1S/C16H15Cl2NO/c17-12-7-11(8-13(18)9-12)16(19)10-1-3-14(4-2-10)20-15-5-6-15/h1-4,7-9,15-16H,5-6,19H2. The molecule has 0 saturated heterocycles. The van der Waals surface area contributed by atoms with E-state index >= 15 is 0 Å². The summed E-state index contributed by atoms with van der Waals surface area (Å²) in [4.78, 5) is 0. The number of rotatable bonds is 4. The summed E-state index contributed by atoms with van der Waals surface area (Å²) in [6.07, 6.45) is 2.71. The quantitative estimate of drug-likeness (QED) is 0.897. The van der Waals surface area contributed by atoms with Crippen LogP contribution in [0.1, 0.15) is 30.0 Å². The summed E-state index contributed by atoms with van der Waals surface area (Å²) in [7, 11) is 0. The first-order chi connectivity index (χ1) is 9.61. The molecule has 2 aromatic carbocycles. The molecule has 2 N–H and O–H groups in total. The zero-order valence-electron chi connectivity index (χ0n) is 10.9. The van der Waals surface area contributed by atoms with Gasteiger partial charge in [-0.1, -0.05) is 35.3 Å². The van der Waals surface area contributed by atoms with Gasteiger partial charge in [-0.2, -0.15) is 0 Å². The largest absolute Gasteiger partial charge is 0.490 e. The van der Waals surface area contributed by atoms with Crippen LogP contribution >= 0.6 is 23.2 Å². The van der Waals surface area contributed by atoms with Gasteiger partial charge in [-0.25, -0.2) is 0 Å². The van der Waals surface area contributed by atoms with Gasteiger partial charge in [0, 0.05) is 10.0 Å². The maximum Gasteiger partial charge on any atom is 0.119 e. The summed E-state index contributed by atoms with van der Waals surface area (Å²) in [5, 5.41) is 1.19. The minimum absolute atomic E-state index is 0.249. The van der Waals surface area contributed by atoms with Crippen molar-refractivity contribution < 1.29 is 4.74 Å². The highest BCUT2D eigenvalue weighted by Gasteiger charge is 2.23. The molecule has 104 valence electrons. The van der Waals surface area contributed by atoms with Crippen LogP contribution in [0.2, 0.25) is 10.0 Å². The Morgan fingerprint density at radius 1 is 0.950 bits per heavy atom. The summed E-state index contributed by atoms with van der Waals surface area (Å²) in [5.41, 5.74) is 8.17. The van der Waals surface area contributed by atoms with Crippen LogP contribution in [0.15, 0.2) is 42.5 Å². The Bertz CT molecular complexity index is 588. The topological polar surface area (TPSA) is 35.2 Å². The molecule has 0 spiro atoms. The van der Waals surface area contributed by atoms with Crippen molar-refractivity contribution in [3.8, 4) is 5.75 Å². The zero-order chi connectivity index (χ0) is 14.1. The number of hydrogen-bond acceptors (Lipinski definition) is 2. The van der Waals surface area contributed by atoms with Crippen LogP contribution < -0.4 is 10.5 Å². The van der Waals surface area contributed by atoms with Crippen LogP contribution in [0.4, 0.5) is 0 Å². The lowest BCUT2D eigenvalue weighted by atomic mass is 10.00. The van der Waals surface area contributed by atoms with Crippen LogP contribution in [-0.2, 0) is 0 Å². The van der Waals surface area contributed by atoms with E-state index in [1.54, 1.807) is 6.07 Å². The molecule has 0 bridgehead atoms. The first-order valence-electron chi connectivity index (χ1n) is 6.60. The molecule has 4 heteroatoms. The van der Waals surface area contributed by atoms with Gasteiger partial charge < -0.3 is 10.5 Å². The molecule has 20 heavy (non-hydrogen) atoms. The van der Waals surface area contributed by atoms with E-state index in [0.29, 0.717) is 16.1 Å². The molecule has 0 amide bonds. The molecule has 2 nitrogen and oxygen atoms in total. The van der Waals surface area contributed by atoms with E-state index in [0.717, 1.165) is 29.7 Å². The van der Waals surface area contributed by atoms with Crippen molar-refractivity contribution in [1.82, 2.24) is 0 Å². The first-order valence-corrected chi connectivity index (χ1v) is 7.35. The Hall–Kier alpha value is -1.22. The van der Waals surface area contributed by atoms with Gasteiger partial charge in [0.05, 0.1) is 12.1 Å². The van der Waals surface area contributed by atoms with Gasteiger partial charge >= 0.3 is 0 Å². The predicted octanol–water partition coefficient (Wildman–Crippen LogP) is 4.58. The molecule has 1 atom stereocenters. The highest BCUT2D eigenvalue weighted by atomic mass is 35.5. The average Bonchev–Trinajstić information content (AvgIpc) is 3.22. The van der Waals surface area contributed by atoms with E-state index in [4.69, 9.17) is 33.7 Å². The average molecular weight is 308 g/mol. The molecule has 0 aliphatic heterocycles. The van der Waals surface area contributed by atoms with Crippen LogP contribution in [-0.4, -0.2) is 6.10 Å². The van der Waals surface area contributed by atoms with E-state index in [9.17, 15) is 0 Å². The fraction of sp³-hybridized carbons (Fsp3) is 0.250. The molecule has 1 saturated carbocycles. The third-order valence-electron chi connectivity index (χ3n) is 3.31. The third kappa shape index (κ3) is 3.26. The van der Waals surface area contributed by atoms with Gasteiger partial charge in [-0.15, -0.1) is 0 Å². The van der Waals surface area contributed by atoms with E-state index in [-0.39, 0.29) is 6.04 Å². The van der Waals surface area contributed by atoms with Crippen molar-refractivity contribution in [2.24, 2.45) is 5.73 Å². The zero-order valence-corrected chi connectivity index (χ0v) is 12.4. The number of halogens is 2. The molecule has 0 heterocycles. The molecule has 0 radical (unpaired) electrons. The summed E-state index contributed by atoms with van der Waals surface area (Å²) < 4.78 is 5.72. The van der Waals surface area contributed by atoms with Crippen molar-refractivity contribution in [3.63, 3.8) is 0 Å². The van der Waals surface area contributed by atoms with Gasteiger partial charge in [0.25, 0.3) is 0 Å². The van der Waals surface area contributed by atoms with Crippen molar-refractivity contribution >= 4 is 23.2 Å². The van der Waals surface area contributed by atoms with Crippen LogP contribution in [0, 0.1) is 0 Å². The minimum atomic E-state index is -0.249. The first kappa shape index (κ1) is 13.7. The van der Waals surface area contributed by atoms with Gasteiger partial charge in [-0.05, 0) is 54.3 Å². The second kappa shape index (κ2) is 5.65. The highest BCUT2D eigenvalue weighted by Crippen LogP contribution is 2.29. The van der Waals surface area contributed by atoms with Crippen LogP contribution in [0.25, 0.3) is 0 Å². The SMILES string of the molecule is NC(c1ccc(OC2CC2)cc1)c1cc(Cl)cc(Cl)c1. The van der Waals surface area contributed by atoms with Crippen LogP contribution in [0.5, 0.6) is 5.75 Å². The van der Waals surface area contributed by atoms with Crippen molar-refractivity contribution in [2.45, 2.75) is 25.0 Å². The molecular weight excluding hydrogens is 293 g/mol. The third-order valence-corrected chi connectivity index (χ3v) is 3.75. The molecule has 1 aliphatic carbocycles. The summed E-state index contributed by atoms with van der Waals surface area (Å²) in [6.45, 7) is 0. The molecule has 3 rings (SSSR count). The van der Waals surface area contributed by atoms with E-state index in [1.807, 2.05) is 36.4 Å². The van der Waals surface area contributed by atoms with E-state index < -0.39 is 0 Å².